The summed E-state index contributed by atoms with van der Waals surface area (Å²) in [4.78, 5) is 40.2. The largest absolute Gasteiger partial charge is 0.481 e. The number of aliphatic carboxylic acids is 4. The lowest BCUT2D eigenvalue weighted by molar-refractivity contribution is -0.170. The molecule has 0 aromatic carbocycles. The highest BCUT2D eigenvalue weighted by Crippen LogP contribution is 2.15. The van der Waals surface area contributed by atoms with Crippen LogP contribution in [0.4, 0.5) is 0 Å². The first-order chi connectivity index (χ1) is 8.96. The average Bonchev–Trinajstić information content (AvgIpc) is 2.26. The van der Waals surface area contributed by atoms with Gasteiger partial charge in [0.05, 0.1) is 12.8 Å². The van der Waals surface area contributed by atoms with Gasteiger partial charge in [0.2, 0.25) is 0 Å². The maximum Gasteiger partial charge on any atom is 0.336 e. The third-order valence-electron chi connectivity index (χ3n) is 1.80. The Morgan fingerprint density at radius 2 is 1.35 bits per heavy atom. The number of nitrogens with two attached hydrogens (primary N) is 1. The normalized spacial score (nSPS) is 11.8. The van der Waals surface area contributed by atoms with E-state index >= 15 is 0 Å². The van der Waals surface area contributed by atoms with Crippen molar-refractivity contribution in [3.8, 4) is 0 Å². The molecular formula is C9H15NO9S. The van der Waals surface area contributed by atoms with Crippen molar-refractivity contribution in [2.75, 3.05) is 5.75 Å². The van der Waals surface area contributed by atoms with Crippen molar-refractivity contribution >= 4 is 36.5 Å². The molecule has 0 rings (SSSR count). The van der Waals surface area contributed by atoms with Gasteiger partial charge in [0.15, 0.2) is 5.60 Å². The van der Waals surface area contributed by atoms with Crippen molar-refractivity contribution in [2.24, 2.45) is 5.73 Å². The number of carboxylic acids is 4. The number of carbonyl (C=O) groups is 4. The van der Waals surface area contributed by atoms with Gasteiger partial charge in [-0.05, 0) is 0 Å². The zero-order valence-electron chi connectivity index (χ0n) is 10.1. The number of carboxylic acid groups (broad SMARTS) is 4. The molecule has 1 atom stereocenters. The fraction of sp³-hybridized carbons (Fsp3) is 0.556. The quantitative estimate of drug-likeness (QED) is 0.260. The Morgan fingerprint density at radius 3 is 1.45 bits per heavy atom. The van der Waals surface area contributed by atoms with Gasteiger partial charge in [-0.1, -0.05) is 0 Å². The highest BCUT2D eigenvalue weighted by molar-refractivity contribution is 7.80. The molecule has 0 radical (unpaired) electrons. The summed E-state index contributed by atoms with van der Waals surface area (Å²) in [5, 5.41) is 41.8. The first-order valence-electron chi connectivity index (χ1n) is 4.95. The van der Waals surface area contributed by atoms with Crippen molar-refractivity contribution in [1.29, 1.82) is 0 Å². The van der Waals surface area contributed by atoms with Gasteiger partial charge in [-0.25, -0.2) is 4.79 Å². The molecule has 10 nitrogen and oxygen atoms in total. The minimum absolute atomic E-state index is 0.190. The minimum Gasteiger partial charge on any atom is -0.481 e. The second-order valence-corrected chi connectivity index (χ2v) is 3.97. The molecule has 0 aromatic rings. The molecule has 0 amide bonds. The molecule has 1 unspecified atom stereocenters. The smallest absolute Gasteiger partial charge is 0.336 e. The van der Waals surface area contributed by atoms with E-state index in [1.807, 2.05) is 0 Å². The van der Waals surface area contributed by atoms with Crippen LogP contribution in [0.25, 0.3) is 0 Å². The number of rotatable bonds is 7. The first-order valence-corrected chi connectivity index (χ1v) is 5.58. The molecule has 0 fully saturated rings. The summed E-state index contributed by atoms with van der Waals surface area (Å²) in [6.07, 6.45) is -2.29. The van der Waals surface area contributed by atoms with Gasteiger partial charge < -0.3 is 31.3 Å². The van der Waals surface area contributed by atoms with E-state index in [-0.39, 0.29) is 5.75 Å². The van der Waals surface area contributed by atoms with Crippen molar-refractivity contribution in [1.82, 2.24) is 0 Å². The van der Waals surface area contributed by atoms with E-state index in [0.717, 1.165) is 0 Å². The molecule has 0 aromatic heterocycles. The topological polar surface area (TPSA) is 195 Å². The monoisotopic (exact) mass is 313 g/mol. The van der Waals surface area contributed by atoms with Crippen molar-refractivity contribution < 1.29 is 44.7 Å². The third kappa shape index (κ3) is 9.13. The summed E-state index contributed by atoms with van der Waals surface area (Å²) in [5.41, 5.74) is 2.20. The third-order valence-corrected chi connectivity index (χ3v) is 2.19. The number of hydrogen-bond acceptors (Lipinski definition) is 7. The van der Waals surface area contributed by atoms with E-state index in [0.29, 0.717) is 0 Å². The van der Waals surface area contributed by atoms with Crippen LogP contribution in [0, 0.1) is 0 Å². The SMILES string of the molecule is NC(CS)C(=O)O.O=C(O)CC(O)(CC(=O)O)C(=O)O. The molecule has 0 aliphatic carbocycles. The van der Waals surface area contributed by atoms with E-state index in [1.54, 1.807) is 0 Å². The summed E-state index contributed by atoms with van der Waals surface area (Å²) in [5.74, 6) is -5.83. The lowest BCUT2D eigenvalue weighted by atomic mass is 9.96. The first kappa shape index (κ1) is 20.5. The molecule has 0 aliphatic rings. The highest BCUT2D eigenvalue weighted by atomic mass is 32.1. The Kier molecular flexibility index (Phi) is 9.33. The van der Waals surface area contributed by atoms with Crippen LogP contribution in [0.2, 0.25) is 0 Å². The fourth-order valence-electron chi connectivity index (χ4n) is 0.792. The lowest BCUT2D eigenvalue weighted by Crippen LogP contribution is -2.42. The molecule has 0 aliphatic heterocycles. The van der Waals surface area contributed by atoms with Gasteiger partial charge in [0, 0.05) is 5.75 Å². The molecule has 0 saturated carbocycles. The van der Waals surface area contributed by atoms with Crippen LogP contribution in [0.5, 0.6) is 0 Å². The Labute approximate surface area is 118 Å². The van der Waals surface area contributed by atoms with Crippen LogP contribution in [-0.4, -0.2) is 66.8 Å². The molecule has 0 bridgehead atoms. The molecule has 116 valence electrons. The second-order valence-electron chi connectivity index (χ2n) is 3.61. The number of thiol groups is 1. The maximum atomic E-state index is 10.3. The Morgan fingerprint density at radius 1 is 1.00 bits per heavy atom. The van der Waals surface area contributed by atoms with Crippen LogP contribution < -0.4 is 5.73 Å². The Bertz CT molecular complexity index is 368. The Hall–Kier alpha value is -1.85. The molecule has 20 heavy (non-hydrogen) atoms. The van der Waals surface area contributed by atoms with E-state index in [4.69, 9.17) is 31.3 Å². The highest BCUT2D eigenvalue weighted by Gasteiger charge is 2.40. The van der Waals surface area contributed by atoms with Gasteiger partial charge in [0.1, 0.15) is 6.04 Å². The van der Waals surface area contributed by atoms with Gasteiger partial charge in [0.25, 0.3) is 0 Å². The number of aliphatic hydroxyl groups is 1. The second kappa shape index (κ2) is 9.12. The molecular weight excluding hydrogens is 298 g/mol. The van der Waals surface area contributed by atoms with Crippen molar-refractivity contribution in [2.45, 2.75) is 24.5 Å². The van der Waals surface area contributed by atoms with Crippen LogP contribution >= 0.6 is 12.6 Å². The van der Waals surface area contributed by atoms with Crippen LogP contribution in [0.15, 0.2) is 0 Å². The summed E-state index contributed by atoms with van der Waals surface area (Å²) < 4.78 is 0. The summed E-state index contributed by atoms with van der Waals surface area (Å²) in [7, 11) is 0. The minimum atomic E-state index is -2.74. The van der Waals surface area contributed by atoms with E-state index in [1.165, 1.54) is 0 Å². The molecule has 7 N–H and O–H groups in total. The van der Waals surface area contributed by atoms with Gasteiger partial charge in [-0.2, -0.15) is 12.6 Å². The summed E-state index contributed by atoms with van der Waals surface area (Å²) in [6, 6.07) is -0.816. The molecule has 0 saturated heterocycles. The van der Waals surface area contributed by atoms with Gasteiger partial charge >= 0.3 is 23.9 Å². The molecule has 0 spiro atoms. The lowest BCUT2D eigenvalue weighted by Gasteiger charge is -2.18. The van der Waals surface area contributed by atoms with Crippen molar-refractivity contribution in [3.05, 3.63) is 0 Å². The van der Waals surface area contributed by atoms with E-state index in [9.17, 15) is 19.2 Å². The maximum absolute atomic E-state index is 10.3. The zero-order chi connectivity index (χ0) is 16.5. The standard InChI is InChI=1S/C6H8O7.C3H7NO2S/c7-3(8)1-6(13,5(11)12)2-4(9)10;4-2(1-7)3(5)6/h13H,1-2H2,(H,7,8)(H,9,10)(H,11,12);2,7H,1,4H2,(H,5,6). The van der Waals surface area contributed by atoms with E-state index < -0.39 is 48.4 Å². The Balaban J connectivity index is 0. The molecule has 0 heterocycles. The van der Waals surface area contributed by atoms with Gasteiger partial charge in [-0.3, -0.25) is 14.4 Å². The van der Waals surface area contributed by atoms with Crippen LogP contribution in [0.3, 0.4) is 0 Å². The van der Waals surface area contributed by atoms with Crippen LogP contribution in [-0.2, 0) is 19.2 Å². The molecule has 11 heteroatoms. The predicted molar refractivity (Wildman–Crippen MR) is 66.6 cm³/mol. The zero-order valence-corrected chi connectivity index (χ0v) is 11.0. The van der Waals surface area contributed by atoms with Crippen LogP contribution in [0.1, 0.15) is 12.8 Å². The summed E-state index contributed by atoms with van der Waals surface area (Å²) >= 11 is 3.65. The van der Waals surface area contributed by atoms with E-state index in [2.05, 4.69) is 12.6 Å². The number of hydrogen-bond donors (Lipinski definition) is 7. The van der Waals surface area contributed by atoms with Crippen molar-refractivity contribution in [3.63, 3.8) is 0 Å². The van der Waals surface area contributed by atoms with Gasteiger partial charge in [-0.15, -0.1) is 0 Å². The average molecular weight is 313 g/mol. The fourth-order valence-corrected chi connectivity index (χ4v) is 0.948. The predicted octanol–water partition coefficient (Wildman–Crippen LogP) is -1.92. The summed E-state index contributed by atoms with van der Waals surface area (Å²) in [6.45, 7) is 0.